The normalized spacial score (nSPS) is 15.6. The Morgan fingerprint density at radius 3 is 2.17 bits per heavy atom. The molecule has 122 valence electrons. The molecule has 0 fully saturated rings. The minimum absolute atomic E-state index is 0.0786. The Morgan fingerprint density at radius 1 is 1.09 bits per heavy atom. The summed E-state index contributed by atoms with van der Waals surface area (Å²) in [5.74, 6) is -0.0786. The van der Waals surface area contributed by atoms with Crippen molar-refractivity contribution in [3.8, 4) is 0 Å². The first kappa shape index (κ1) is 17.4. The molecular formula is C19H23NO2S. The first-order valence-electron chi connectivity index (χ1n) is 7.58. The zero-order valence-electron chi connectivity index (χ0n) is 13.8. The number of rotatable bonds is 6. The average Bonchev–Trinajstić information content (AvgIpc) is 2.54. The van der Waals surface area contributed by atoms with E-state index in [4.69, 9.17) is 0 Å². The van der Waals surface area contributed by atoms with E-state index in [1.54, 1.807) is 30.3 Å². The highest BCUT2D eigenvalue weighted by molar-refractivity contribution is 7.89. The molecule has 0 aliphatic rings. The molecule has 1 N–H and O–H groups in total. The molecule has 23 heavy (non-hydrogen) atoms. The van der Waals surface area contributed by atoms with Crippen molar-refractivity contribution in [1.29, 1.82) is 0 Å². The molecule has 4 heteroatoms. The topological polar surface area (TPSA) is 46.2 Å². The molecule has 2 rings (SSSR count). The lowest BCUT2D eigenvalue weighted by molar-refractivity contribution is 0.343. The van der Waals surface area contributed by atoms with Gasteiger partial charge in [-0.2, -0.15) is 0 Å². The van der Waals surface area contributed by atoms with Gasteiger partial charge in [-0.3, -0.25) is 0 Å². The molecule has 0 amide bonds. The molecule has 0 aliphatic carbocycles. The summed E-state index contributed by atoms with van der Waals surface area (Å²) in [5, 5.41) is 0. The maximum absolute atomic E-state index is 12.8. The number of hydrogen-bond donors (Lipinski definition) is 1. The van der Waals surface area contributed by atoms with Crippen molar-refractivity contribution in [2.24, 2.45) is 5.92 Å². The van der Waals surface area contributed by atoms with Gasteiger partial charge >= 0.3 is 0 Å². The molecule has 0 radical (unpaired) electrons. The third-order valence-electron chi connectivity index (χ3n) is 4.32. The lowest BCUT2D eigenvalue weighted by Gasteiger charge is -2.35. The smallest absolute Gasteiger partial charge is 0.207 e. The van der Waals surface area contributed by atoms with Gasteiger partial charge in [-0.25, -0.2) is 13.1 Å². The monoisotopic (exact) mass is 329 g/mol. The minimum atomic E-state index is -3.64. The van der Waals surface area contributed by atoms with Crippen LogP contribution >= 0.6 is 0 Å². The number of hydrogen-bond acceptors (Lipinski definition) is 2. The fourth-order valence-electron chi connectivity index (χ4n) is 2.49. The molecule has 0 saturated heterocycles. The summed E-state index contributed by atoms with van der Waals surface area (Å²) in [6.45, 7) is 9.61. The average molecular weight is 329 g/mol. The molecule has 0 spiro atoms. The van der Waals surface area contributed by atoms with Crippen molar-refractivity contribution >= 4 is 10.0 Å². The van der Waals surface area contributed by atoms with Gasteiger partial charge in [-0.15, -0.1) is 6.58 Å². The largest absolute Gasteiger partial charge is 0.241 e. The maximum atomic E-state index is 12.8. The van der Waals surface area contributed by atoms with Crippen molar-refractivity contribution in [2.75, 3.05) is 0 Å². The predicted octanol–water partition coefficient (Wildman–Crippen LogP) is 4.01. The molecular weight excluding hydrogens is 306 g/mol. The van der Waals surface area contributed by atoms with Crippen LogP contribution in [-0.4, -0.2) is 8.42 Å². The molecule has 0 aromatic heterocycles. The first-order valence-corrected chi connectivity index (χ1v) is 9.06. The van der Waals surface area contributed by atoms with Crippen molar-refractivity contribution in [3.05, 3.63) is 78.4 Å². The van der Waals surface area contributed by atoms with E-state index < -0.39 is 15.6 Å². The Balaban J connectivity index is 2.46. The van der Waals surface area contributed by atoms with Crippen molar-refractivity contribution in [3.63, 3.8) is 0 Å². The summed E-state index contributed by atoms with van der Waals surface area (Å²) in [7, 11) is -3.64. The van der Waals surface area contributed by atoms with Crippen molar-refractivity contribution in [1.82, 2.24) is 4.72 Å². The second-order valence-corrected chi connectivity index (χ2v) is 7.69. The van der Waals surface area contributed by atoms with Crippen molar-refractivity contribution in [2.45, 2.75) is 31.2 Å². The van der Waals surface area contributed by atoms with Crippen LogP contribution in [0.15, 0.2) is 72.1 Å². The standard InChI is InChI=1S/C19H23NO2S/c1-5-16(3)19(4,17-9-7-6-8-10-17)20-23(21,22)18-13-11-15(2)12-14-18/h5-14,16,20H,1H2,2-4H3/t16-,19-/m1/s1. The third kappa shape index (κ3) is 3.71. The van der Waals surface area contributed by atoms with Gasteiger partial charge in [0.1, 0.15) is 0 Å². The van der Waals surface area contributed by atoms with E-state index in [0.29, 0.717) is 0 Å². The summed E-state index contributed by atoms with van der Waals surface area (Å²) < 4.78 is 28.5. The zero-order chi connectivity index (χ0) is 17.1. The highest BCUT2D eigenvalue weighted by atomic mass is 32.2. The summed E-state index contributed by atoms with van der Waals surface area (Å²) in [5.41, 5.74) is 1.16. The van der Waals surface area contributed by atoms with Gasteiger partial charge in [0.2, 0.25) is 10.0 Å². The van der Waals surface area contributed by atoms with E-state index in [-0.39, 0.29) is 10.8 Å². The number of aryl methyl sites for hydroxylation is 1. The van der Waals surface area contributed by atoms with E-state index in [2.05, 4.69) is 11.3 Å². The van der Waals surface area contributed by atoms with Gasteiger partial charge in [0.05, 0.1) is 10.4 Å². The Labute approximate surface area is 139 Å². The highest BCUT2D eigenvalue weighted by Gasteiger charge is 2.36. The van der Waals surface area contributed by atoms with Crippen LogP contribution in [0, 0.1) is 12.8 Å². The minimum Gasteiger partial charge on any atom is -0.207 e. The van der Waals surface area contributed by atoms with Gasteiger partial charge in [-0.1, -0.05) is 61.0 Å². The van der Waals surface area contributed by atoms with E-state index in [0.717, 1.165) is 11.1 Å². The number of sulfonamides is 1. The molecule has 0 unspecified atom stereocenters. The summed E-state index contributed by atoms with van der Waals surface area (Å²) in [4.78, 5) is 0.265. The van der Waals surface area contributed by atoms with Crippen LogP contribution in [0.5, 0.6) is 0 Å². The Kier molecular flexibility index (Phi) is 5.07. The van der Waals surface area contributed by atoms with Crippen LogP contribution in [0.4, 0.5) is 0 Å². The predicted molar refractivity (Wildman–Crippen MR) is 94.7 cm³/mol. The molecule has 0 heterocycles. The van der Waals surface area contributed by atoms with E-state index >= 15 is 0 Å². The Bertz CT molecular complexity index is 767. The molecule has 2 atom stereocenters. The molecule has 2 aromatic rings. The Hall–Kier alpha value is -1.91. The molecule has 0 saturated carbocycles. The fourth-order valence-corrected chi connectivity index (χ4v) is 3.96. The number of benzene rings is 2. The van der Waals surface area contributed by atoms with Crippen LogP contribution < -0.4 is 4.72 Å². The second-order valence-electron chi connectivity index (χ2n) is 6.01. The number of nitrogens with one attached hydrogen (secondary N) is 1. The van der Waals surface area contributed by atoms with Gasteiger partial charge in [-0.05, 0) is 37.5 Å². The Morgan fingerprint density at radius 2 is 1.65 bits per heavy atom. The molecule has 3 nitrogen and oxygen atoms in total. The molecule has 2 aromatic carbocycles. The second kappa shape index (κ2) is 6.69. The summed E-state index contributed by atoms with van der Waals surface area (Å²) >= 11 is 0. The van der Waals surface area contributed by atoms with Crippen LogP contribution in [0.1, 0.15) is 25.0 Å². The van der Waals surface area contributed by atoms with Gasteiger partial charge in [0.15, 0.2) is 0 Å². The summed E-state index contributed by atoms with van der Waals surface area (Å²) in [6, 6.07) is 16.4. The summed E-state index contributed by atoms with van der Waals surface area (Å²) in [6.07, 6.45) is 1.77. The van der Waals surface area contributed by atoms with E-state index in [1.165, 1.54) is 0 Å². The lowest BCUT2D eigenvalue weighted by Crippen LogP contribution is -2.47. The molecule has 0 aliphatic heterocycles. The van der Waals surface area contributed by atoms with Crippen LogP contribution in [0.2, 0.25) is 0 Å². The highest BCUT2D eigenvalue weighted by Crippen LogP contribution is 2.32. The lowest BCUT2D eigenvalue weighted by atomic mass is 9.82. The van der Waals surface area contributed by atoms with Gasteiger partial charge in [0, 0.05) is 0 Å². The SMILES string of the molecule is C=C[C@@H](C)[C@@](C)(NS(=O)(=O)c1ccc(C)cc1)c1ccccc1. The van der Waals surface area contributed by atoms with Crippen LogP contribution in [-0.2, 0) is 15.6 Å². The maximum Gasteiger partial charge on any atom is 0.241 e. The quantitative estimate of drug-likeness (QED) is 0.814. The van der Waals surface area contributed by atoms with Gasteiger partial charge < -0.3 is 0 Å². The van der Waals surface area contributed by atoms with E-state index in [9.17, 15) is 8.42 Å². The molecule has 0 bridgehead atoms. The van der Waals surface area contributed by atoms with Crippen LogP contribution in [0.3, 0.4) is 0 Å². The first-order chi connectivity index (χ1) is 10.8. The third-order valence-corrected chi connectivity index (χ3v) is 5.90. The zero-order valence-corrected chi connectivity index (χ0v) is 14.6. The van der Waals surface area contributed by atoms with Crippen LogP contribution in [0.25, 0.3) is 0 Å². The van der Waals surface area contributed by atoms with Crippen molar-refractivity contribution < 1.29 is 8.42 Å². The fraction of sp³-hybridized carbons (Fsp3) is 0.263. The van der Waals surface area contributed by atoms with Gasteiger partial charge in [0.25, 0.3) is 0 Å². The van der Waals surface area contributed by atoms with E-state index in [1.807, 2.05) is 51.1 Å².